The smallest absolute Gasteiger partial charge is 0.254 e. The second kappa shape index (κ2) is 7.44. The highest BCUT2D eigenvalue weighted by Crippen LogP contribution is 2.33. The van der Waals surface area contributed by atoms with E-state index in [1.165, 1.54) is 11.8 Å². The summed E-state index contributed by atoms with van der Waals surface area (Å²) in [5.74, 6) is 0.750. The average Bonchev–Trinajstić information content (AvgIpc) is 3.10. The van der Waals surface area contributed by atoms with Crippen molar-refractivity contribution < 1.29 is 13.9 Å². The fraction of sp³-hybridized carbons (Fsp3) is 0.389. The summed E-state index contributed by atoms with van der Waals surface area (Å²) in [6, 6.07) is 11.9. The molecule has 1 fully saturated rings. The van der Waals surface area contributed by atoms with Crippen molar-refractivity contribution in [3.63, 3.8) is 0 Å². The van der Waals surface area contributed by atoms with Gasteiger partial charge in [0.05, 0.1) is 18.2 Å². The van der Waals surface area contributed by atoms with Crippen LogP contribution in [0.4, 0.5) is 0 Å². The molecule has 2 heterocycles. The van der Waals surface area contributed by atoms with Gasteiger partial charge in [-0.3, -0.25) is 4.79 Å². The molecule has 2 unspecified atom stereocenters. The Morgan fingerprint density at radius 1 is 1.30 bits per heavy atom. The molecule has 1 aromatic heterocycles. The van der Waals surface area contributed by atoms with Crippen molar-refractivity contribution >= 4 is 5.91 Å². The van der Waals surface area contributed by atoms with Crippen molar-refractivity contribution in [3.05, 3.63) is 59.5 Å². The number of benzene rings is 1. The summed E-state index contributed by atoms with van der Waals surface area (Å²) in [7, 11) is 0. The van der Waals surface area contributed by atoms with Gasteiger partial charge in [0.2, 0.25) is 0 Å². The van der Waals surface area contributed by atoms with E-state index in [1.54, 1.807) is 6.07 Å². The Balaban J connectivity index is 1.62. The fourth-order valence-corrected chi connectivity index (χ4v) is 3.00. The zero-order valence-corrected chi connectivity index (χ0v) is 13.0. The SMILES string of the molecule is NCc1cc(C(=O)NCC2CCCOC2c2ccccc2)co1. The second-order valence-electron chi connectivity index (χ2n) is 5.82. The van der Waals surface area contributed by atoms with Gasteiger partial charge in [0.25, 0.3) is 5.91 Å². The van der Waals surface area contributed by atoms with Crippen LogP contribution in [0.15, 0.2) is 47.1 Å². The number of nitrogens with one attached hydrogen (secondary N) is 1. The Hall–Kier alpha value is -2.11. The van der Waals surface area contributed by atoms with Gasteiger partial charge in [-0.25, -0.2) is 0 Å². The Labute approximate surface area is 135 Å². The number of amides is 1. The van der Waals surface area contributed by atoms with Crippen LogP contribution < -0.4 is 11.1 Å². The lowest BCUT2D eigenvalue weighted by molar-refractivity contribution is -0.0272. The first-order valence-electron chi connectivity index (χ1n) is 8.00. The standard InChI is InChI=1S/C18H22N2O3/c19-10-16-9-15(12-23-16)18(21)20-11-14-7-4-8-22-17(14)13-5-2-1-3-6-13/h1-3,5-6,9,12,14,17H,4,7-8,10-11,19H2,(H,20,21). The molecule has 5 nitrogen and oxygen atoms in total. The van der Waals surface area contributed by atoms with Crippen LogP contribution >= 0.6 is 0 Å². The van der Waals surface area contributed by atoms with Gasteiger partial charge in [-0.05, 0) is 24.5 Å². The van der Waals surface area contributed by atoms with E-state index >= 15 is 0 Å². The largest absolute Gasteiger partial charge is 0.467 e. The summed E-state index contributed by atoms with van der Waals surface area (Å²) in [6.45, 7) is 1.65. The predicted octanol–water partition coefficient (Wildman–Crippen LogP) is 2.64. The number of nitrogens with two attached hydrogens (primary N) is 1. The number of rotatable bonds is 5. The van der Waals surface area contributed by atoms with Crippen LogP contribution in [0.2, 0.25) is 0 Å². The third kappa shape index (κ3) is 3.81. The van der Waals surface area contributed by atoms with Crippen LogP contribution in [0.25, 0.3) is 0 Å². The van der Waals surface area contributed by atoms with Crippen LogP contribution in [0, 0.1) is 5.92 Å². The third-order valence-corrected chi connectivity index (χ3v) is 4.21. The maximum Gasteiger partial charge on any atom is 0.254 e. The summed E-state index contributed by atoms with van der Waals surface area (Å²) >= 11 is 0. The number of carbonyl (C=O) groups excluding carboxylic acids is 1. The first-order valence-corrected chi connectivity index (χ1v) is 8.00. The molecule has 1 amide bonds. The van der Waals surface area contributed by atoms with Crippen LogP contribution in [0.3, 0.4) is 0 Å². The van der Waals surface area contributed by atoms with Crippen LogP contribution in [0.1, 0.15) is 40.6 Å². The van der Waals surface area contributed by atoms with Crippen molar-refractivity contribution in [2.24, 2.45) is 11.7 Å². The van der Waals surface area contributed by atoms with E-state index in [0.717, 1.165) is 19.4 Å². The Morgan fingerprint density at radius 3 is 2.87 bits per heavy atom. The van der Waals surface area contributed by atoms with Gasteiger partial charge in [0.15, 0.2) is 0 Å². The summed E-state index contributed by atoms with van der Waals surface area (Å²) in [5.41, 5.74) is 7.17. The molecule has 2 aromatic rings. The van der Waals surface area contributed by atoms with Crippen molar-refractivity contribution in [2.75, 3.05) is 13.2 Å². The van der Waals surface area contributed by atoms with Crippen molar-refractivity contribution in [1.29, 1.82) is 0 Å². The maximum absolute atomic E-state index is 12.2. The Bertz CT molecular complexity index is 639. The molecule has 3 rings (SSSR count). The van der Waals surface area contributed by atoms with E-state index < -0.39 is 0 Å². The van der Waals surface area contributed by atoms with E-state index in [-0.39, 0.29) is 17.9 Å². The van der Waals surface area contributed by atoms with Crippen molar-refractivity contribution in [2.45, 2.75) is 25.5 Å². The van der Waals surface area contributed by atoms with Gasteiger partial charge in [0, 0.05) is 19.1 Å². The number of ether oxygens (including phenoxy) is 1. The molecule has 2 atom stereocenters. The monoisotopic (exact) mass is 314 g/mol. The number of carbonyl (C=O) groups is 1. The van der Waals surface area contributed by atoms with E-state index in [2.05, 4.69) is 17.4 Å². The molecule has 5 heteroatoms. The molecule has 3 N–H and O–H groups in total. The summed E-state index contributed by atoms with van der Waals surface area (Å²) in [5, 5.41) is 2.99. The molecule has 0 aliphatic carbocycles. The zero-order valence-electron chi connectivity index (χ0n) is 13.0. The lowest BCUT2D eigenvalue weighted by atomic mass is 9.89. The van der Waals surface area contributed by atoms with Crippen molar-refractivity contribution in [3.8, 4) is 0 Å². The molecule has 1 aliphatic rings. The summed E-state index contributed by atoms with van der Waals surface area (Å²) in [6.07, 6.45) is 3.55. The van der Waals surface area contributed by atoms with Crippen LogP contribution in [-0.4, -0.2) is 19.1 Å². The number of hydrogen-bond donors (Lipinski definition) is 2. The molecule has 1 saturated heterocycles. The average molecular weight is 314 g/mol. The van der Waals surface area contributed by atoms with E-state index in [1.807, 2.05) is 18.2 Å². The van der Waals surface area contributed by atoms with Gasteiger partial charge in [-0.1, -0.05) is 30.3 Å². The molecule has 0 radical (unpaired) electrons. The van der Waals surface area contributed by atoms with Gasteiger partial charge in [-0.15, -0.1) is 0 Å². The van der Waals surface area contributed by atoms with E-state index in [0.29, 0.717) is 24.4 Å². The van der Waals surface area contributed by atoms with Gasteiger partial charge >= 0.3 is 0 Å². The van der Waals surface area contributed by atoms with E-state index in [4.69, 9.17) is 14.9 Å². The normalized spacial score (nSPS) is 21.1. The molecule has 1 aliphatic heterocycles. The zero-order chi connectivity index (χ0) is 16.1. The number of hydrogen-bond acceptors (Lipinski definition) is 4. The summed E-state index contributed by atoms with van der Waals surface area (Å²) < 4.78 is 11.2. The molecule has 0 spiro atoms. The van der Waals surface area contributed by atoms with Gasteiger partial charge < -0.3 is 20.2 Å². The lowest BCUT2D eigenvalue weighted by Crippen LogP contribution is -2.35. The van der Waals surface area contributed by atoms with E-state index in [9.17, 15) is 4.79 Å². The highest BCUT2D eigenvalue weighted by atomic mass is 16.5. The summed E-state index contributed by atoms with van der Waals surface area (Å²) in [4.78, 5) is 12.2. The Kier molecular flexibility index (Phi) is 5.10. The fourth-order valence-electron chi connectivity index (χ4n) is 3.00. The Morgan fingerprint density at radius 2 is 2.13 bits per heavy atom. The lowest BCUT2D eigenvalue weighted by Gasteiger charge is -2.32. The maximum atomic E-state index is 12.2. The van der Waals surface area contributed by atoms with Crippen LogP contribution in [-0.2, 0) is 11.3 Å². The van der Waals surface area contributed by atoms with Crippen molar-refractivity contribution in [1.82, 2.24) is 5.32 Å². The minimum Gasteiger partial charge on any atom is -0.467 e. The molecule has 0 bridgehead atoms. The van der Waals surface area contributed by atoms with Gasteiger partial charge in [0.1, 0.15) is 12.0 Å². The van der Waals surface area contributed by atoms with Crippen LogP contribution in [0.5, 0.6) is 0 Å². The highest BCUT2D eigenvalue weighted by Gasteiger charge is 2.27. The molecule has 122 valence electrons. The topological polar surface area (TPSA) is 77.5 Å². The first-order chi connectivity index (χ1) is 11.3. The molecular formula is C18H22N2O3. The molecule has 0 saturated carbocycles. The highest BCUT2D eigenvalue weighted by molar-refractivity contribution is 5.93. The minimum atomic E-state index is -0.133. The first kappa shape index (κ1) is 15.8. The minimum absolute atomic E-state index is 0.0363. The third-order valence-electron chi connectivity index (χ3n) is 4.21. The molecule has 1 aromatic carbocycles. The predicted molar refractivity (Wildman–Crippen MR) is 86.8 cm³/mol. The second-order valence-corrected chi connectivity index (χ2v) is 5.82. The molecule has 23 heavy (non-hydrogen) atoms. The van der Waals surface area contributed by atoms with Gasteiger partial charge in [-0.2, -0.15) is 0 Å². The quantitative estimate of drug-likeness (QED) is 0.889. The number of furan rings is 1. The molecular weight excluding hydrogens is 292 g/mol.